The number of nitrogens with zero attached hydrogens (tertiary/aromatic N) is 2. The molecule has 0 radical (unpaired) electrons. The van der Waals surface area contributed by atoms with E-state index in [2.05, 4.69) is 41.9 Å². The van der Waals surface area contributed by atoms with E-state index in [0.717, 1.165) is 15.9 Å². The minimum absolute atomic E-state index is 0. The van der Waals surface area contributed by atoms with Crippen molar-refractivity contribution < 1.29 is 9.21 Å². The molecule has 1 aromatic carbocycles. The van der Waals surface area contributed by atoms with Crippen LogP contribution in [-0.4, -0.2) is 37.0 Å². The Labute approximate surface area is 178 Å². The van der Waals surface area contributed by atoms with E-state index >= 15 is 0 Å². The number of aromatic nitrogens is 1. The number of halogens is 2. The van der Waals surface area contributed by atoms with Gasteiger partial charge < -0.3 is 20.4 Å². The van der Waals surface area contributed by atoms with E-state index in [4.69, 9.17) is 4.42 Å². The number of carbonyl (C=O) groups excluding carboxylic acids is 1. The fourth-order valence-corrected chi connectivity index (χ4v) is 2.32. The second-order valence-electron chi connectivity index (χ2n) is 5.36. The van der Waals surface area contributed by atoms with Gasteiger partial charge in [0.05, 0.1) is 12.2 Å². The molecule has 0 spiro atoms. The Kier molecular flexibility index (Phi) is 9.63. The molecule has 0 saturated carbocycles. The van der Waals surface area contributed by atoms with Crippen LogP contribution in [0.5, 0.6) is 0 Å². The first kappa shape index (κ1) is 22.4. The van der Waals surface area contributed by atoms with E-state index < -0.39 is 0 Å². The summed E-state index contributed by atoms with van der Waals surface area (Å²) in [6.45, 7) is 5.26. The standard InChI is InChI=1S/C17H22BrN5O2.HI/c1-11-12(2)25-15(23-11)10-22-17(19-3)21-9-8-20-16(24)13-4-6-14(18)7-5-13;/h4-7H,8-10H2,1-3H3,(H,20,24)(H2,19,21,22);1H. The lowest BCUT2D eigenvalue weighted by molar-refractivity contribution is 0.0954. The molecule has 0 aliphatic rings. The van der Waals surface area contributed by atoms with E-state index in [9.17, 15) is 4.79 Å². The summed E-state index contributed by atoms with van der Waals surface area (Å²) in [5.74, 6) is 1.94. The molecule has 2 rings (SSSR count). The smallest absolute Gasteiger partial charge is 0.251 e. The monoisotopic (exact) mass is 535 g/mol. The molecule has 0 bridgehead atoms. The summed E-state index contributed by atoms with van der Waals surface area (Å²) in [6.07, 6.45) is 0. The van der Waals surface area contributed by atoms with E-state index in [1.807, 2.05) is 26.0 Å². The van der Waals surface area contributed by atoms with Crippen molar-refractivity contribution in [3.63, 3.8) is 0 Å². The van der Waals surface area contributed by atoms with Gasteiger partial charge in [-0.1, -0.05) is 15.9 Å². The minimum Gasteiger partial charge on any atom is -0.444 e. The molecular weight excluding hydrogens is 513 g/mol. The Hall–Kier alpha value is -1.62. The third-order valence-electron chi connectivity index (χ3n) is 3.51. The minimum atomic E-state index is -0.108. The van der Waals surface area contributed by atoms with E-state index in [1.54, 1.807) is 19.2 Å². The number of benzene rings is 1. The summed E-state index contributed by atoms with van der Waals surface area (Å²) < 4.78 is 6.45. The van der Waals surface area contributed by atoms with Crippen molar-refractivity contribution >= 4 is 51.8 Å². The second kappa shape index (κ2) is 11.2. The number of hydrogen-bond donors (Lipinski definition) is 3. The molecule has 26 heavy (non-hydrogen) atoms. The van der Waals surface area contributed by atoms with Crippen LogP contribution in [0.1, 0.15) is 27.7 Å². The highest BCUT2D eigenvalue weighted by Crippen LogP contribution is 2.10. The summed E-state index contributed by atoms with van der Waals surface area (Å²) in [4.78, 5) is 20.4. The number of rotatable bonds is 6. The van der Waals surface area contributed by atoms with Gasteiger partial charge in [-0.25, -0.2) is 4.98 Å². The maximum absolute atomic E-state index is 12.0. The Morgan fingerprint density at radius 3 is 2.38 bits per heavy atom. The third kappa shape index (κ3) is 6.94. The first-order chi connectivity index (χ1) is 12.0. The van der Waals surface area contributed by atoms with Gasteiger partial charge >= 0.3 is 0 Å². The van der Waals surface area contributed by atoms with Crippen LogP contribution in [-0.2, 0) is 6.54 Å². The van der Waals surface area contributed by atoms with Crippen LogP contribution < -0.4 is 16.0 Å². The molecule has 142 valence electrons. The molecule has 1 amide bonds. The van der Waals surface area contributed by atoms with Gasteiger partial charge in [-0.05, 0) is 38.1 Å². The van der Waals surface area contributed by atoms with Gasteiger partial charge in [0.25, 0.3) is 5.91 Å². The first-order valence-corrected chi connectivity index (χ1v) is 8.70. The largest absolute Gasteiger partial charge is 0.444 e. The fraction of sp³-hybridized carbons (Fsp3) is 0.353. The summed E-state index contributed by atoms with van der Waals surface area (Å²) in [7, 11) is 1.68. The number of aliphatic imine (C=N–C) groups is 1. The van der Waals surface area contributed by atoms with Crippen molar-refractivity contribution in [1.29, 1.82) is 0 Å². The number of guanidine groups is 1. The number of hydrogen-bond acceptors (Lipinski definition) is 4. The average Bonchev–Trinajstić information content (AvgIpc) is 2.92. The van der Waals surface area contributed by atoms with Gasteiger partial charge in [-0.3, -0.25) is 9.79 Å². The van der Waals surface area contributed by atoms with Gasteiger partial charge in [-0.2, -0.15) is 0 Å². The molecule has 2 aromatic rings. The Balaban J connectivity index is 0.00000338. The van der Waals surface area contributed by atoms with Crippen LogP contribution in [0.2, 0.25) is 0 Å². The zero-order chi connectivity index (χ0) is 18.2. The summed E-state index contributed by atoms with van der Waals surface area (Å²) in [5, 5.41) is 9.09. The fourth-order valence-electron chi connectivity index (χ4n) is 2.05. The molecule has 1 heterocycles. The van der Waals surface area contributed by atoms with Gasteiger partial charge in [-0.15, -0.1) is 24.0 Å². The molecule has 0 atom stereocenters. The molecular formula is C17H23BrIN5O2. The Morgan fingerprint density at radius 1 is 1.15 bits per heavy atom. The van der Waals surface area contributed by atoms with Gasteiger partial charge in [0, 0.05) is 30.2 Å². The molecule has 7 nitrogen and oxygen atoms in total. The van der Waals surface area contributed by atoms with E-state index in [0.29, 0.717) is 37.0 Å². The average molecular weight is 536 g/mol. The Morgan fingerprint density at radius 2 is 1.81 bits per heavy atom. The maximum Gasteiger partial charge on any atom is 0.251 e. The summed E-state index contributed by atoms with van der Waals surface area (Å²) in [5.41, 5.74) is 1.51. The lowest BCUT2D eigenvalue weighted by Crippen LogP contribution is -2.41. The van der Waals surface area contributed by atoms with Crippen LogP contribution in [0, 0.1) is 13.8 Å². The molecule has 0 aliphatic carbocycles. The van der Waals surface area contributed by atoms with Crippen LogP contribution in [0.3, 0.4) is 0 Å². The van der Waals surface area contributed by atoms with Crippen molar-refractivity contribution in [3.05, 3.63) is 51.6 Å². The predicted octanol–water partition coefficient (Wildman–Crippen LogP) is 2.77. The maximum atomic E-state index is 12.0. The number of oxazole rings is 1. The van der Waals surface area contributed by atoms with Crippen molar-refractivity contribution in [2.75, 3.05) is 20.1 Å². The van der Waals surface area contributed by atoms with E-state index in [-0.39, 0.29) is 29.9 Å². The number of amides is 1. The first-order valence-electron chi connectivity index (χ1n) is 7.90. The number of carbonyl (C=O) groups is 1. The predicted molar refractivity (Wildman–Crippen MR) is 116 cm³/mol. The SMILES string of the molecule is CN=C(NCCNC(=O)c1ccc(Br)cc1)NCc1nc(C)c(C)o1.I. The topological polar surface area (TPSA) is 91.5 Å². The molecule has 9 heteroatoms. The lowest BCUT2D eigenvalue weighted by Gasteiger charge is -2.11. The zero-order valence-electron chi connectivity index (χ0n) is 14.9. The zero-order valence-corrected chi connectivity index (χ0v) is 18.8. The van der Waals surface area contributed by atoms with Gasteiger partial charge in [0.1, 0.15) is 5.76 Å². The molecule has 0 aliphatic heterocycles. The number of nitrogens with one attached hydrogen (secondary N) is 3. The highest BCUT2D eigenvalue weighted by Gasteiger charge is 2.07. The highest BCUT2D eigenvalue weighted by atomic mass is 127. The van der Waals surface area contributed by atoms with Crippen LogP contribution in [0.25, 0.3) is 0 Å². The Bertz CT molecular complexity index is 727. The lowest BCUT2D eigenvalue weighted by atomic mass is 10.2. The van der Waals surface area contributed by atoms with Crippen molar-refractivity contribution in [2.24, 2.45) is 4.99 Å². The second-order valence-corrected chi connectivity index (χ2v) is 6.28. The molecule has 0 saturated heterocycles. The van der Waals surface area contributed by atoms with Crippen molar-refractivity contribution in [2.45, 2.75) is 20.4 Å². The number of aryl methyl sites for hydroxylation is 2. The van der Waals surface area contributed by atoms with Crippen molar-refractivity contribution in [1.82, 2.24) is 20.9 Å². The normalized spacial score (nSPS) is 10.8. The molecule has 1 aromatic heterocycles. The summed E-state index contributed by atoms with van der Waals surface area (Å²) in [6, 6.07) is 7.22. The highest BCUT2D eigenvalue weighted by molar-refractivity contribution is 14.0. The molecule has 3 N–H and O–H groups in total. The van der Waals surface area contributed by atoms with Crippen molar-refractivity contribution in [3.8, 4) is 0 Å². The van der Waals surface area contributed by atoms with E-state index in [1.165, 1.54) is 0 Å². The summed E-state index contributed by atoms with van der Waals surface area (Å²) >= 11 is 3.35. The van der Waals surface area contributed by atoms with Crippen LogP contribution >= 0.6 is 39.9 Å². The van der Waals surface area contributed by atoms with Crippen LogP contribution in [0.15, 0.2) is 38.1 Å². The quantitative estimate of drug-likeness (QED) is 0.229. The molecule has 0 unspecified atom stereocenters. The van der Waals surface area contributed by atoms with Gasteiger partial charge in [0.2, 0.25) is 5.89 Å². The van der Waals surface area contributed by atoms with Crippen LogP contribution in [0.4, 0.5) is 0 Å². The third-order valence-corrected chi connectivity index (χ3v) is 4.04. The molecule has 0 fully saturated rings. The van der Waals surface area contributed by atoms with Gasteiger partial charge in [0.15, 0.2) is 5.96 Å².